The number of hydrogen-bond acceptors (Lipinski definition) is 2. The molecule has 2 unspecified atom stereocenters. The molecule has 0 aromatic carbocycles. The van der Waals surface area contributed by atoms with Gasteiger partial charge in [0.2, 0.25) is 0 Å². The van der Waals surface area contributed by atoms with Crippen LogP contribution >= 0.6 is 0 Å². The number of nitrogens with one attached hydrogen (secondary N) is 1. The van der Waals surface area contributed by atoms with Gasteiger partial charge in [0, 0.05) is 17.9 Å². The van der Waals surface area contributed by atoms with Crippen LogP contribution in [0.25, 0.3) is 0 Å². The van der Waals surface area contributed by atoms with E-state index in [9.17, 15) is 0 Å². The molecule has 0 fully saturated rings. The van der Waals surface area contributed by atoms with Crippen molar-refractivity contribution in [2.45, 2.75) is 53.0 Å². The van der Waals surface area contributed by atoms with Crippen molar-refractivity contribution in [1.29, 1.82) is 0 Å². The molecule has 0 aliphatic rings. The summed E-state index contributed by atoms with van der Waals surface area (Å²) in [4.78, 5) is 4.41. The first-order valence-corrected chi connectivity index (χ1v) is 6.85. The van der Waals surface area contributed by atoms with Crippen molar-refractivity contribution >= 4 is 0 Å². The zero-order chi connectivity index (χ0) is 12.7. The van der Waals surface area contributed by atoms with Crippen LogP contribution in [0.15, 0.2) is 18.3 Å². The lowest BCUT2D eigenvalue weighted by Gasteiger charge is -2.26. The molecule has 96 valence electrons. The summed E-state index contributed by atoms with van der Waals surface area (Å²) in [6.45, 7) is 9.99. The maximum Gasteiger partial charge on any atom is 0.0420 e. The van der Waals surface area contributed by atoms with Crippen molar-refractivity contribution in [1.82, 2.24) is 10.3 Å². The van der Waals surface area contributed by atoms with Crippen molar-refractivity contribution in [2.75, 3.05) is 6.54 Å². The first kappa shape index (κ1) is 14.2. The Labute approximate surface area is 106 Å². The molecule has 0 aliphatic heterocycles. The molecule has 1 heterocycles. The van der Waals surface area contributed by atoms with Gasteiger partial charge >= 0.3 is 0 Å². The van der Waals surface area contributed by atoms with Crippen molar-refractivity contribution in [3.05, 3.63) is 29.6 Å². The number of nitrogens with zero attached hydrogens (tertiary/aromatic N) is 1. The number of aryl methyl sites for hydroxylation is 1. The van der Waals surface area contributed by atoms with Gasteiger partial charge in [0.15, 0.2) is 0 Å². The summed E-state index contributed by atoms with van der Waals surface area (Å²) in [5, 5.41) is 3.67. The predicted molar refractivity (Wildman–Crippen MR) is 74.1 cm³/mol. The van der Waals surface area contributed by atoms with Crippen molar-refractivity contribution in [2.24, 2.45) is 5.92 Å². The predicted octanol–water partition coefficient (Wildman–Crippen LogP) is 3.87. The number of rotatable bonds is 7. The normalized spacial score (nSPS) is 14.6. The second kappa shape index (κ2) is 7.44. The number of pyridine rings is 1. The molecule has 2 nitrogen and oxygen atoms in total. The maximum absolute atomic E-state index is 4.41. The summed E-state index contributed by atoms with van der Waals surface area (Å²) in [5.74, 6) is 0.662. The highest BCUT2D eigenvalue weighted by Crippen LogP contribution is 2.26. The van der Waals surface area contributed by atoms with Gasteiger partial charge in [-0.3, -0.25) is 4.98 Å². The van der Waals surface area contributed by atoms with Crippen LogP contribution in [-0.4, -0.2) is 11.5 Å². The van der Waals surface area contributed by atoms with E-state index in [-0.39, 0.29) is 0 Å². The molecule has 0 amide bonds. The molecule has 2 heteroatoms. The fourth-order valence-corrected chi connectivity index (χ4v) is 2.36. The second-order valence-electron chi connectivity index (χ2n) is 4.88. The highest BCUT2D eigenvalue weighted by Gasteiger charge is 2.19. The van der Waals surface area contributed by atoms with Crippen LogP contribution in [-0.2, 0) is 0 Å². The molecular formula is C15H26N2. The van der Waals surface area contributed by atoms with Crippen LogP contribution < -0.4 is 5.32 Å². The van der Waals surface area contributed by atoms with Crippen molar-refractivity contribution in [3.63, 3.8) is 0 Å². The standard InChI is InChI=1S/C15H26N2/c1-5-8-12(3)15(17-10-6-2)14-9-7-11-16-13(14)4/h7,9,11-12,15,17H,5-6,8,10H2,1-4H3. The Balaban J connectivity index is 2.85. The molecule has 0 aliphatic carbocycles. The Morgan fingerprint density at radius 1 is 1.29 bits per heavy atom. The lowest BCUT2D eigenvalue weighted by molar-refractivity contribution is 0.361. The monoisotopic (exact) mass is 234 g/mol. The van der Waals surface area contributed by atoms with E-state index in [1.54, 1.807) is 0 Å². The Morgan fingerprint density at radius 2 is 2.06 bits per heavy atom. The molecule has 0 saturated heterocycles. The van der Waals surface area contributed by atoms with Gasteiger partial charge in [-0.15, -0.1) is 0 Å². The summed E-state index contributed by atoms with van der Waals surface area (Å²) in [6.07, 6.45) is 5.55. The largest absolute Gasteiger partial charge is 0.310 e. The SMILES string of the molecule is CCCNC(c1cccnc1C)C(C)CCC. The lowest BCUT2D eigenvalue weighted by Crippen LogP contribution is -2.28. The van der Waals surface area contributed by atoms with Crippen LogP contribution in [0.2, 0.25) is 0 Å². The Bertz CT molecular complexity index is 322. The molecule has 0 spiro atoms. The van der Waals surface area contributed by atoms with Crippen LogP contribution in [0.5, 0.6) is 0 Å². The second-order valence-corrected chi connectivity index (χ2v) is 4.88. The molecule has 0 saturated carbocycles. The topological polar surface area (TPSA) is 24.9 Å². The first-order chi connectivity index (χ1) is 8.20. The fourth-order valence-electron chi connectivity index (χ4n) is 2.36. The first-order valence-electron chi connectivity index (χ1n) is 6.85. The maximum atomic E-state index is 4.41. The number of hydrogen-bond donors (Lipinski definition) is 1. The molecule has 2 atom stereocenters. The molecule has 1 N–H and O–H groups in total. The van der Waals surface area contributed by atoms with Gasteiger partial charge < -0.3 is 5.32 Å². The third-order valence-corrected chi connectivity index (χ3v) is 3.31. The van der Waals surface area contributed by atoms with Gasteiger partial charge in [-0.2, -0.15) is 0 Å². The van der Waals surface area contributed by atoms with Crippen molar-refractivity contribution < 1.29 is 0 Å². The highest BCUT2D eigenvalue weighted by atomic mass is 14.9. The Morgan fingerprint density at radius 3 is 2.65 bits per heavy atom. The summed E-state index contributed by atoms with van der Waals surface area (Å²) in [6, 6.07) is 4.70. The minimum absolute atomic E-state index is 0.448. The van der Waals surface area contributed by atoms with E-state index >= 15 is 0 Å². The lowest BCUT2D eigenvalue weighted by atomic mass is 9.90. The molecular weight excluding hydrogens is 208 g/mol. The minimum Gasteiger partial charge on any atom is -0.310 e. The van der Waals surface area contributed by atoms with Gasteiger partial charge in [0.05, 0.1) is 0 Å². The Hall–Kier alpha value is -0.890. The fraction of sp³-hybridized carbons (Fsp3) is 0.667. The summed E-state index contributed by atoms with van der Waals surface area (Å²) < 4.78 is 0. The summed E-state index contributed by atoms with van der Waals surface area (Å²) in [7, 11) is 0. The van der Waals surface area contributed by atoms with Gasteiger partial charge in [0.1, 0.15) is 0 Å². The summed E-state index contributed by atoms with van der Waals surface area (Å²) >= 11 is 0. The average Bonchev–Trinajstić information content (AvgIpc) is 2.32. The third-order valence-electron chi connectivity index (χ3n) is 3.31. The van der Waals surface area contributed by atoms with E-state index < -0.39 is 0 Å². The molecule has 17 heavy (non-hydrogen) atoms. The third kappa shape index (κ3) is 4.12. The molecule has 0 radical (unpaired) electrons. The quantitative estimate of drug-likeness (QED) is 0.774. The van der Waals surface area contributed by atoms with E-state index in [1.165, 1.54) is 24.8 Å². The van der Waals surface area contributed by atoms with E-state index in [4.69, 9.17) is 0 Å². The Kier molecular flexibility index (Phi) is 6.20. The van der Waals surface area contributed by atoms with Gasteiger partial charge in [-0.1, -0.05) is 33.3 Å². The van der Waals surface area contributed by atoms with Crippen LogP contribution in [0.1, 0.15) is 57.3 Å². The van der Waals surface area contributed by atoms with E-state index in [2.05, 4.69) is 44.1 Å². The van der Waals surface area contributed by atoms with Crippen molar-refractivity contribution in [3.8, 4) is 0 Å². The number of aromatic nitrogens is 1. The smallest absolute Gasteiger partial charge is 0.0420 e. The van der Waals surface area contributed by atoms with Gasteiger partial charge in [0.25, 0.3) is 0 Å². The van der Waals surface area contributed by atoms with E-state index in [0.717, 1.165) is 12.2 Å². The zero-order valence-corrected chi connectivity index (χ0v) is 11.7. The average molecular weight is 234 g/mol. The van der Waals surface area contributed by atoms with Crippen LogP contribution in [0.4, 0.5) is 0 Å². The molecule has 1 rings (SSSR count). The van der Waals surface area contributed by atoms with Gasteiger partial charge in [-0.05, 0) is 43.9 Å². The van der Waals surface area contributed by atoms with Crippen LogP contribution in [0, 0.1) is 12.8 Å². The van der Waals surface area contributed by atoms with Gasteiger partial charge in [-0.25, -0.2) is 0 Å². The molecule has 1 aromatic heterocycles. The summed E-state index contributed by atoms with van der Waals surface area (Å²) in [5.41, 5.74) is 2.52. The van der Waals surface area contributed by atoms with E-state index in [0.29, 0.717) is 12.0 Å². The van der Waals surface area contributed by atoms with E-state index in [1.807, 2.05) is 12.3 Å². The highest BCUT2D eigenvalue weighted by molar-refractivity contribution is 5.23. The molecule has 1 aromatic rings. The van der Waals surface area contributed by atoms with Crippen LogP contribution in [0.3, 0.4) is 0 Å². The molecule has 0 bridgehead atoms. The minimum atomic E-state index is 0.448. The zero-order valence-electron chi connectivity index (χ0n) is 11.7.